The van der Waals surface area contributed by atoms with Gasteiger partial charge in [-0.2, -0.15) is 4.98 Å². The van der Waals surface area contributed by atoms with Gasteiger partial charge >= 0.3 is 0 Å². The van der Waals surface area contributed by atoms with Crippen LogP contribution in [-0.4, -0.2) is 10.1 Å². The van der Waals surface area contributed by atoms with Crippen LogP contribution in [0.3, 0.4) is 0 Å². The van der Waals surface area contributed by atoms with Gasteiger partial charge in [-0.05, 0) is 38.0 Å². The summed E-state index contributed by atoms with van der Waals surface area (Å²) in [6.45, 7) is 6.50. The van der Waals surface area contributed by atoms with Crippen molar-refractivity contribution in [3.8, 4) is 0 Å². The fraction of sp³-hybridized carbons (Fsp3) is 0.857. The van der Waals surface area contributed by atoms with Crippen LogP contribution in [0.1, 0.15) is 76.9 Å². The maximum absolute atomic E-state index is 6.46. The van der Waals surface area contributed by atoms with Gasteiger partial charge in [-0.3, -0.25) is 0 Å². The van der Waals surface area contributed by atoms with E-state index in [0.29, 0.717) is 11.8 Å². The molecule has 1 aromatic rings. The van der Waals surface area contributed by atoms with Crippen LogP contribution >= 0.6 is 0 Å². The highest BCUT2D eigenvalue weighted by Gasteiger charge is 2.37. The lowest BCUT2D eigenvalue weighted by Crippen LogP contribution is -2.40. The molecule has 1 fully saturated rings. The smallest absolute Gasteiger partial charge is 0.246 e. The Hall–Kier alpha value is -0.900. The predicted octanol–water partition coefficient (Wildman–Crippen LogP) is 3.34. The largest absolute Gasteiger partial charge is 0.337 e. The van der Waals surface area contributed by atoms with Gasteiger partial charge in [0.05, 0.1) is 5.54 Å². The second kappa shape index (κ2) is 5.39. The van der Waals surface area contributed by atoms with E-state index in [1.54, 1.807) is 0 Å². The Morgan fingerprint density at radius 3 is 2.61 bits per heavy atom. The minimum absolute atomic E-state index is 0.345. The third-order valence-electron chi connectivity index (χ3n) is 4.50. The van der Waals surface area contributed by atoms with Crippen LogP contribution in [0.4, 0.5) is 0 Å². The van der Waals surface area contributed by atoms with Gasteiger partial charge in [-0.25, -0.2) is 0 Å². The van der Waals surface area contributed by atoms with Gasteiger partial charge in [0.1, 0.15) is 0 Å². The fourth-order valence-electron chi connectivity index (χ4n) is 2.63. The van der Waals surface area contributed by atoms with E-state index >= 15 is 0 Å². The molecule has 1 aliphatic rings. The Balaban J connectivity index is 2.09. The monoisotopic (exact) mass is 251 g/mol. The van der Waals surface area contributed by atoms with E-state index in [1.807, 2.05) is 0 Å². The Morgan fingerprint density at radius 1 is 1.39 bits per heavy atom. The zero-order valence-corrected chi connectivity index (χ0v) is 11.8. The van der Waals surface area contributed by atoms with Crippen molar-refractivity contribution in [2.45, 2.75) is 70.8 Å². The molecular formula is C14H25N3O. The number of aromatic nitrogens is 2. The Labute approximate surface area is 109 Å². The SMILES string of the molecule is CCC1CCC(N)(c2nc(C(C)CC)no2)CC1. The van der Waals surface area contributed by atoms with Gasteiger partial charge in [0.25, 0.3) is 0 Å². The highest BCUT2D eigenvalue weighted by atomic mass is 16.5. The number of nitrogens with two attached hydrogens (primary N) is 1. The molecule has 0 spiro atoms. The molecule has 2 rings (SSSR count). The summed E-state index contributed by atoms with van der Waals surface area (Å²) in [4.78, 5) is 4.52. The molecule has 0 bridgehead atoms. The van der Waals surface area contributed by atoms with Crippen LogP contribution in [0.25, 0.3) is 0 Å². The van der Waals surface area contributed by atoms with Crippen molar-refractivity contribution < 1.29 is 4.52 Å². The standard InChI is InChI=1S/C14H25N3O/c1-4-10(3)12-16-13(18-17-12)14(15)8-6-11(5-2)7-9-14/h10-11H,4-9,15H2,1-3H3. The highest BCUT2D eigenvalue weighted by molar-refractivity contribution is 5.05. The summed E-state index contributed by atoms with van der Waals surface area (Å²) in [7, 11) is 0. The number of hydrogen-bond donors (Lipinski definition) is 1. The van der Waals surface area contributed by atoms with Crippen molar-refractivity contribution in [2.24, 2.45) is 11.7 Å². The van der Waals surface area contributed by atoms with E-state index in [2.05, 4.69) is 30.9 Å². The lowest BCUT2D eigenvalue weighted by molar-refractivity contribution is 0.181. The number of nitrogens with zero attached hydrogens (tertiary/aromatic N) is 2. The predicted molar refractivity (Wildman–Crippen MR) is 71.1 cm³/mol. The molecule has 4 heteroatoms. The minimum Gasteiger partial charge on any atom is -0.337 e. The Bertz CT molecular complexity index is 380. The molecule has 1 unspecified atom stereocenters. The molecule has 1 heterocycles. The van der Waals surface area contributed by atoms with Crippen molar-refractivity contribution >= 4 is 0 Å². The molecule has 1 saturated carbocycles. The van der Waals surface area contributed by atoms with Gasteiger partial charge in [0.15, 0.2) is 5.82 Å². The minimum atomic E-state index is -0.385. The molecule has 0 radical (unpaired) electrons. The van der Waals surface area contributed by atoms with E-state index in [9.17, 15) is 0 Å². The van der Waals surface area contributed by atoms with Crippen molar-refractivity contribution in [1.82, 2.24) is 10.1 Å². The van der Waals surface area contributed by atoms with E-state index in [-0.39, 0.29) is 5.54 Å². The first-order valence-electron chi connectivity index (χ1n) is 7.22. The van der Waals surface area contributed by atoms with Gasteiger partial charge < -0.3 is 10.3 Å². The normalized spacial score (nSPS) is 30.3. The third kappa shape index (κ3) is 2.58. The molecule has 102 valence electrons. The Kier molecular flexibility index (Phi) is 4.05. The zero-order valence-electron chi connectivity index (χ0n) is 11.8. The van der Waals surface area contributed by atoms with Crippen molar-refractivity contribution in [3.63, 3.8) is 0 Å². The van der Waals surface area contributed by atoms with Crippen molar-refractivity contribution in [1.29, 1.82) is 0 Å². The molecule has 1 atom stereocenters. The second-order valence-corrected chi connectivity index (χ2v) is 5.77. The molecule has 0 aromatic carbocycles. The molecule has 2 N–H and O–H groups in total. The van der Waals surface area contributed by atoms with Crippen LogP contribution in [0, 0.1) is 5.92 Å². The summed E-state index contributed by atoms with van der Waals surface area (Å²) < 4.78 is 5.41. The molecular weight excluding hydrogens is 226 g/mol. The van der Waals surface area contributed by atoms with Crippen LogP contribution in [-0.2, 0) is 5.54 Å². The molecule has 0 amide bonds. The first kappa shape index (κ1) is 13.5. The average Bonchev–Trinajstić information content (AvgIpc) is 2.89. The van der Waals surface area contributed by atoms with E-state index in [4.69, 9.17) is 10.3 Å². The maximum Gasteiger partial charge on any atom is 0.246 e. The summed E-state index contributed by atoms with van der Waals surface area (Å²) in [5, 5.41) is 4.08. The van der Waals surface area contributed by atoms with E-state index in [1.165, 1.54) is 19.3 Å². The first-order chi connectivity index (χ1) is 8.59. The van der Waals surface area contributed by atoms with Gasteiger partial charge in [0.2, 0.25) is 5.89 Å². The summed E-state index contributed by atoms with van der Waals surface area (Å²) in [6.07, 6.45) is 6.55. The molecule has 1 aliphatic carbocycles. The zero-order chi connectivity index (χ0) is 13.2. The van der Waals surface area contributed by atoms with Crippen LogP contribution < -0.4 is 5.73 Å². The summed E-state index contributed by atoms with van der Waals surface area (Å²) in [6, 6.07) is 0. The topological polar surface area (TPSA) is 64.9 Å². The molecule has 18 heavy (non-hydrogen) atoms. The first-order valence-corrected chi connectivity index (χ1v) is 7.22. The number of rotatable bonds is 4. The van der Waals surface area contributed by atoms with E-state index < -0.39 is 0 Å². The summed E-state index contributed by atoms with van der Waals surface area (Å²) in [5.74, 6) is 2.61. The second-order valence-electron chi connectivity index (χ2n) is 5.77. The number of hydrogen-bond acceptors (Lipinski definition) is 4. The molecule has 4 nitrogen and oxygen atoms in total. The van der Waals surface area contributed by atoms with Crippen molar-refractivity contribution in [3.05, 3.63) is 11.7 Å². The quantitative estimate of drug-likeness (QED) is 0.891. The van der Waals surface area contributed by atoms with E-state index in [0.717, 1.165) is 31.0 Å². The highest BCUT2D eigenvalue weighted by Crippen LogP contribution is 2.38. The summed E-state index contributed by atoms with van der Waals surface area (Å²) >= 11 is 0. The average molecular weight is 251 g/mol. The molecule has 0 saturated heterocycles. The van der Waals surface area contributed by atoms with Gasteiger partial charge in [0, 0.05) is 5.92 Å². The molecule has 1 aromatic heterocycles. The lowest BCUT2D eigenvalue weighted by atomic mass is 9.76. The van der Waals surface area contributed by atoms with Crippen molar-refractivity contribution in [2.75, 3.05) is 0 Å². The summed E-state index contributed by atoms with van der Waals surface area (Å²) in [5.41, 5.74) is 6.07. The van der Waals surface area contributed by atoms with Gasteiger partial charge in [-0.1, -0.05) is 32.3 Å². The fourth-order valence-corrected chi connectivity index (χ4v) is 2.63. The van der Waals surface area contributed by atoms with Crippen LogP contribution in [0.15, 0.2) is 4.52 Å². The third-order valence-corrected chi connectivity index (χ3v) is 4.50. The Morgan fingerprint density at radius 2 is 2.06 bits per heavy atom. The lowest BCUT2D eigenvalue weighted by Gasteiger charge is -2.33. The van der Waals surface area contributed by atoms with Gasteiger partial charge in [-0.15, -0.1) is 0 Å². The van der Waals surface area contributed by atoms with Crippen LogP contribution in [0.2, 0.25) is 0 Å². The molecule has 0 aliphatic heterocycles. The maximum atomic E-state index is 6.46. The van der Waals surface area contributed by atoms with Crippen LogP contribution in [0.5, 0.6) is 0 Å².